The summed E-state index contributed by atoms with van der Waals surface area (Å²) in [7, 11) is 0. The van der Waals surface area contributed by atoms with Crippen LogP contribution in [0.2, 0.25) is 5.02 Å². The predicted molar refractivity (Wildman–Crippen MR) is 98.2 cm³/mol. The van der Waals surface area contributed by atoms with E-state index in [-0.39, 0.29) is 30.1 Å². The minimum atomic E-state index is -0.524. The Bertz CT molecular complexity index is 642. The van der Waals surface area contributed by atoms with Crippen molar-refractivity contribution >= 4 is 35.8 Å². The minimum Gasteiger partial charge on any atom is -0.480 e. The Labute approximate surface area is 158 Å². The zero-order chi connectivity index (χ0) is 17.1. The second-order valence-electron chi connectivity index (χ2n) is 6.27. The van der Waals surface area contributed by atoms with Crippen LogP contribution in [-0.2, 0) is 16.0 Å². The largest absolute Gasteiger partial charge is 0.480 e. The summed E-state index contributed by atoms with van der Waals surface area (Å²) >= 11 is 5.99. The molecule has 8 heteroatoms. The number of nitrogens with zero attached hydrogens (tertiary/aromatic N) is 1. The zero-order valence-corrected chi connectivity index (χ0v) is 15.4. The second kappa shape index (κ2) is 8.74. The molecule has 1 saturated heterocycles. The van der Waals surface area contributed by atoms with E-state index in [0.717, 1.165) is 18.4 Å². The Balaban J connectivity index is 0.00000225. The van der Waals surface area contributed by atoms with Crippen LogP contribution in [0.25, 0.3) is 0 Å². The molecule has 1 aromatic rings. The SMILES string of the molecule is Cl.NCCNC(=O)C1CCCN(C(=O)C2Cc3cc(Cl)ccc3O2)C1. The third-order valence-electron chi connectivity index (χ3n) is 4.52. The maximum Gasteiger partial charge on any atom is 0.264 e. The third kappa shape index (κ3) is 4.57. The molecule has 0 aliphatic carbocycles. The van der Waals surface area contributed by atoms with Crippen LogP contribution in [-0.4, -0.2) is 49.0 Å². The lowest BCUT2D eigenvalue weighted by Crippen LogP contribution is -2.49. The van der Waals surface area contributed by atoms with Gasteiger partial charge >= 0.3 is 0 Å². The molecule has 2 atom stereocenters. The van der Waals surface area contributed by atoms with E-state index in [2.05, 4.69) is 5.32 Å². The molecule has 0 spiro atoms. The number of ether oxygens (including phenoxy) is 1. The number of carbonyl (C=O) groups is 2. The monoisotopic (exact) mass is 387 g/mol. The van der Waals surface area contributed by atoms with Gasteiger partial charge in [0.2, 0.25) is 5.91 Å². The summed E-state index contributed by atoms with van der Waals surface area (Å²) < 4.78 is 5.77. The molecular weight excluding hydrogens is 365 g/mol. The van der Waals surface area contributed by atoms with Crippen molar-refractivity contribution < 1.29 is 14.3 Å². The lowest BCUT2D eigenvalue weighted by Gasteiger charge is -2.33. The van der Waals surface area contributed by atoms with Gasteiger partial charge in [-0.25, -0.2) is 0 Å². The fraction of sp³-hybridized carbons (Fsp3) is 0.529. The van der Waals surface area contributed by atoms with Crippen molar-refractivity contribution in [3.63, 3.8) is 0 Å². The highest BCUT2D eigenvalue weighted by atomic mass is 35.5. The van der Waals surface area contributed by atoms with Gasteiger partial charge in [0.1, 0.15) is 5.75 Å². The van der Waals surface area contributed by atoms with Crippen LogP contribution in [0, 0.1) is 5.92 Å². The fourth-order valence-electron chi connectivity index (χ4n) is 3.29. The standard InChI is InChI=1S/C17H22ClN3O3.ClH/c18-13-3-4-14-12(8-13)9-15(24-14)17(23)21-7-1-2-11(10-21)16(22)20-6-5-19;/h3-4,8,11,15H,1-2,5-7,9-10,19H2,(H,20,22);1H. The van der Waals surface area contributed by atoms with Crippen LogP contribution in [0.1, 0.15) is 18.4 Å². The van der Waals surface area contributed by atoms with Crippen LogP contribution < -0.4 is 15.8 Å². The van der Waals surface area contributed by atoms with Crippen LogP contribution in [0.3, 0.4) is 0 Å². The highest BCUT2D eigenvalue weighted by Crippen LogP contribution is 2.32. The lowest BCUT2D eigenvalue weighted by atomic mass is 9.96. The Kier molecular flexibility index (Phi) is 6.93. The van der Waals surface area contributed by atoms with Gasteiger partial charge in [-0.1, -0.05) is 11.6 Å². The Morgan fingerprint density at radius 2 is 2.20 bits per heavy atom. The number of nitrogens with two attached hydrogens (primary N) is 1. The molecule has 138 valence electrons. The minimum absolute atomic E-state index is 0. The fourth-order valence-corrected chi connectivity index (χ4v) is 3.48. The van der Waals surface area contributed by atoms with E-state index in [0.29, 0.717) is 43.4 Å². The molecular formula is C17H23Cl2N3O3. The molecule has 1 fully saturated rings. The van der Waals surface area contributed by atoms with Crippen molar-refractivity contribution in [2.45, 2.75) is 25.4 Å². The quantitative estimate of drug-likeness (QED) is 0.816. The predicted octanol–water partition coefficient (Wildman–Crippen LogP) is 1.38. The number of halogens is 2. The molecule has 3 N–H and O–H groups in total. The van der Waals surface area contributed by atoms with Crippen LogP contribution in [0.4, 0.5) is 0 Å². The first-order valence-electron chi connectivity index (χ1n) is 8.30. The normalized spacial score (nSPS) is 21.8. The van der Waals surface area contributed by atoms with Crippen molar-refractivity contribution in [1.82, 2.24) is 10.2 Å². The van der Waals surface area contributed by atoms with Gasteiger partial charge in [0.15, 0.2) is 6.10 Å². The molecule has 1 aromatic carbocycles. The summed E-state index contributed by atoms with van der Waals surface area (Å²) in [6.45, 7) is 1.98. The number of nitrogens with one attached hydrogen (secondary N) is 1. The summed E-state index contributed by atoms with van der Waals surface area (Å²) in [5.74, 6) is 0.457. The molecule has 2 amide bonds. The number of rotatable bonds is 4. The number of carbonyl (C=O) groups excluding carboxylic acids is 2. The third-order valence-corrected chi connectivity index (χ3v) is 4.76. The Hall–Kier alpha value is -1.50. The van der Waals surface area contributed by atoms with Gasteiger partial charge in [-0.3, -0.25) is 9.59 Å². The van der Waals surface area contributed by atoms with Crippen molar-refractivity contribution in [1.29, 1.82) is 0 Å². The van der Waals surface area contributed by atoms with Crippen molar-refractivity contribution in [3.8, 4) is 5.75 Å². The molecule has 6 nitrogen and oxygen atoms in total. The molecule has 2 unspecified atom stereocenters. The molecule has 0 bridgehead atoms. The van der Waals surface area contributed by atoms with E-state index in [1.165, 1.54) is 0 Å². The number of fused-ring (bicyclic) bond motifs is 1. The molecule has 3 rings (SSSR count). The number of hydrogen-bond donors (Lipinski definition) is 2. The van der Waals surface area contributed by atoms with Crippen molar-refractivity contribution in [3.05, 3.63) is 28.8 Å². The van der Waals surface area contributed by atoms with Crippen LogP contribution >= 0.6 is 24.0 Å². The molecule has 25 heavy (non-hydrogen) atoms. The molecule has 0 aromatic heterocycles. The summed E-state index contributed by atoms with van der Waals surface area (Å²) in [6, 6.07) is 5.39. The molecule has 2 aliphatic heterocycles. The number of piperidine rings is 1. The van der Waals surface area contributed by atoms with E-state index >= 15 is 0 Å². The van der Waals surface area contributed by atoms with E-state index in [1.807, 2.05) is 6.07 Å². The van der Waals surface area contributed by atoms with E-state index in [9.17, 15) is 9.59 Å². The first kappa shape index (κ1) is 19.8. The van der Waals surface area contributed by atoms with Crippen molar-refractivity contribution in [2.24, 2.45) is 11.7 Å². The summed E-state index contributed by atoms with van der Waals surface area (Å²) in [6.07, 6.45) is 1.61. The molecule has 0 radical (unpaired) electrons. The van der Waals surface area contributed by atoms with Gasteiger partial charge in [-0.2, -0.15) is 0 Å². The number of amides is 2. The summed E-state index contributed by atoms with van der Waals surface area (Å²) in [5, 5.41) is 3.44. The number of benzene rings is 1. The number of likely N-dealkylation sites (tertiary alicyclic amines) is 1. The van der Waals surface area contributed by atoms with Crippen molar-refractivity contribution in [2.75, 3.05) is 26.2 Å². The smallest absolute Gasteiger partial charge is 0.264 e. The van der Waals surface area contributed by atoms with Gasteiger partial charge in [0, 0.05) is 37.6 Å². The maximum atomic E-state index is 12.8. The Morgan fingerprint density at radius 1 is 1.40 bits per heavy atom. The lowest BCUT2D eigenvalue weighted by molar-refractivity contribution is -0.141. The van der Waals surface area contributed by atoms with Gasteiger partial charge in [0.25, 0.3) is 5.91 Å². The first-order chi connectivity index (χ1) is 11.6. The topological polar surface area (TPSA) is 84.7 Å². The highest BCUT2D eigenvalue weighted by molar-refractivity contribution is 6.30. The maximum absolute atomic E-state index is 12.8. The molecule has 2 heterocycles. The average molecular weight is 388 g/mol. The average Bonchev–Trinajstić information content (AvgIpc) is 3.02. The Morgan fingerprint density at radius 3 is 2.96 bits per heavy atom. The zero-order valence-electron chi connectivity index (χ0n) is 13.9. The van der Waals surface area contributed by atoms with Gasteiger partial charge < -0.3 is 20.7 Å². The first-order valence-corrected chi connectivity index (χ1v) is 8.68. The van der Waals surface area contributed by atoms with E-state index in [1.54, 1.807) is 17.0 Å². The molecule has 0 saturated carbocycles. The summed E-state index contributed by atoms with van der Waals surface area (Å²) in [4.78, 5) is 26.6. The van der Waals surface area contributed by atoms with E-state index < -0.39 is 6.10 Å². The van der Waals surface area contributed by atoms with Crippen LogP contribution in [0.5, 0.6) is 5.75 Å². The van der Waals surface area contributed by atoms with Gasteiger partial charge in [-0.05, 0) is 36.6 Å². The van der Waals surface area contributed by atoms with E-state index in [4.69, 9.17) is 22.1 Å². The highest BCUT2D eigenvalue weighted by Gasteiger charge is 2.36. The van der Waals surface area contributed by atoms with Crippen LogP contribution in [0.15, 0.2) is 18.2 Å². The number of hydrogen-bond acceptors (Lipinski definition) is 4. The molecule has 2 aliphatic rings. The summed E-state index contributed by atoms with van der Waals surface area (Å²) in [5.41, 5.74) is 6.37. The van der Waals surface area contributed by atoms with Gasteiger partial charge in [0.05, 0.1) is 5.92 Å². The van der Waals surface area contributed by atoms with Gasteiger partial charge in [-0.15, -0.1) is 12.4 Å². The second-order valence-corrected chi connectivity index (χ2v) is 6.70.